The van der Waals surface area contributed by atoms with E-state index in [9.17, 15) is 14.9 Å². The molecular weight excluding hydrogens is 322 g/mol. The fourth-order valence-corrected chi connectivity index (χ4v) is 2.50. The molecule has 0 aliphatic carbocycles. The first kappa shape index (κ1) is 18.5. The fraction of sp³-hybridized carbons (Fsp3) is 0.529. The zero-order valence-corrected chi connectivity index (χ0v) is 15.0. The third kappa shape index (κ3) is 4.59. The van der Waals surface area contributed by atoms with E-state index >= 15 is 0 Å². The highest BCUT2D eigenvalue weighted by Gasteiger charge is 2.27. The topological polar surface area (TPSA) is 98.6 Å². The van der Waals surface area contributed by atoms with Crippen molar-refractivity contribution in [3.05, 3.63) is 23.5 Å². The van der Waals surface area contributed by atoms with Crippen molar-refractivity contribution in [2.75, 3.05) is 38.1 Å². The van der Waals surface area contributed by atoms with Crippen molar-refractivity contribution >= 4 is 17.7 Å². The molecule has 1 saturated heterocycles. The van der Waals surface area contributed by atoms with Crippen molar-refractivity contribution in [2.45, 2.75) is 26.4 Å². The SMILES string of the molecule is CNC(=O)c1ccc(N2CCN(C(=O)OC(C)(C)C)CC2)c(C#N)n1. The van der Waals surface area contributed by atoms with Crippen molar-refractivity contribution in [2.24, 2.45) is 0 Å². The molecule has 1 aliphatic heterocycles. The van der Waals surface area contributed by atoms with E-state index in [0.29, 0.717) is 31.9 Å². The van der Waals surface area contributed by atoms with Crippen LogP contribution in [0, 0.1) is 11.3 Å². The van der Waals surface area contributed by atoms with E-state index in [2.05, 4.69) is 10.3 Å². The first-order valence-electron chi connectivity index (χ1n) is 8.11. The van der Waals surface area contributed by atoms with Gasteiger partial charge in [-0.3, -0.25) is 4.79 Å². The monoisotopic (exact) mass is 345 g/mol. The second-order valence-corrected chi connectivity index (χ2v) is 6.71. The van der Waals surface area contributed by atoms with Gasteiger partial charge in [-0.1, -0.05) is 0 Å². The summed E-state index contributed by atoms with van der Waals surface area (Å²) in [6, 6.07) is 5.35. The number of carbonyl (C=O) groups is 2. The maximum Gasteiger partial charge on any atom is 0.410 e. The molecule has 1 aromatic heterocycles. The zero-order valence-electron chi connectivity index (χ0n) is 15.0. The summed E-state index contributed by atoms with van der Waals surface area (Å²) in [5, 5.41) is 11.8. The number of amides is 2. The number of hydrogen-bond donors (Lipinski definition) is 1. The number of carbonyl (C=O) groups excluding carboxylic acids is 2. The van der Waals surface area contributed by atoms with Gasteiger partial charge in [-0.15, -0.1) is 0 Å². The maximum atomic E-state index is 12.1. The number of anilines is 1. The van der Waals surface area contributed by atoms with Crippen LogP contribution in [0.15, 0.2) is 12.1 Å². The molecule has 0 atom stereocenters. The molecule has 0 aromatic carbocycles. The molecule has 1 N–H and O–H groups in total. The van der Waals surface area contributed by atoms with Gasteiger partial charge in [-0.2, -0.15) is 5.26 Å². The summed E-state index contributed by atoms with van der Waals surface area (Å²) in [4.78, 5) is 31.5. The van der Waals surface area contributed by atoms with Gasteiger partial charge in [0.1, 0.15) is 17.4 Å². The van der Waals surface area contributed by atoms with Crippen LogP contribution >= 0.6 is 0 Å². The Kier molecular flexibility index (Phi) is 5.47. The highest BCUT2D eigenvalue weighted by Crippen LogP contribution is 2.21. The summed E-state index contributed by atoms with van der Waals surface area (Å²) in [5.74, 6) is -0.335. The minimum Gasteiger partial charge on any atom is -0.444 e. The summed E-state index contributed by atoms with van der Waals surface area (Å²) in [5.41, 5.74) is 0.544. The van der Waals surface area contributed by atoms with Gasteiger partial charge in [-0.25, -0.2) is 9.78 Å². The number of nitrogens with zero attached hydrogens (tertiary/aromatic N) is 4. The molecule has 0 radical (unpaired) electrons. The molecule has 1 aliphatic rings. The van der Waals surface area contributed by atoms with Gasteiger partial charge in [0.05, 0.1) is 5.69 Å². The molecule has 2 amide bonds. The van der Waals surface area contributed by atoms with Crippen LogP contribution in [0.2, 0.25) is 0 Å². The largest absolute Gasteiger partial charge is 0.444 e. The Bertz CT molecular complexity index is 697. The van der Waals surface area contributed by atoms with Crippen molar-refractivity contribution in [1.82, 2.24) is 15.2 Å². The van der Waals surface area contributed by atoms with E-state index in [1.165, 1.54) is 7.05 Å². The molecule has 8 nitrogen and oxygen atoms in total. The Morgan fingerprint density at radius 2 is 1.88 bits per heavy atom. The summed E-state index contributed by atoms with van der Waals surface area (Å²) >= 11 is 0. The number of rotatable bonds is 2. The predicted octanol–water partition coefficient (Wildman–Crippen LogP) is 1.37. The van der Waals surface area contributed by atoms with Gasteiger partial charge in [0.25, 0.3) is 5.91 Å². The lowest BCUT2D eigenvalue weighted by Gasteiger charge is -2.36. The smallest absolute Gasteiger partial charge is 0.410 e. The van der Waals surface area contributed by atoms with Crippen molar-refractivity contribution in [1.29, 1.82) is 5.26 Å². The lowest BCUT2D eigenvalue weighted by molar-refractivity contribution is 0.0240. The Morgan fingerprint density at radius 1 is 1.24 bits per heavy atom. The Labute approximate surface area is 147 Å². The minimum atomic E-state index is -0.526. The highest BCUT2D eigenvalue weighted by molar-refractivity contribution is 5.92. The van der Waals surface area contributed by atoms with E-state index in [4.69, 9.17) is 4.74 Å². The number of hydrogen-bond acceptors (Lipinski definition) is 6. The molecule has 1 fully saturated rings. The van der Waals surface area contributed by atoms with Gasteiger partial charge in [0, 0.05) is 33.2 Å². The molecule has 0 bridgehead atoms. The number of ether oxygens (including phenoxy) is 1. The number of pyridine rings is 1. The van der Waals surface area contributed by atoms with E-state index in [-0.39, 0.29) is 23.4 Å². The van der Waals surface area contributed by atoms with Crippen LogP contribution in [0.25, 0.3) is 0 Å². The molecule has 2 heterocycles. The zero-order chi connectivity index (χ0) is 18.6. The van der Waals surface area contributed by atoms with Crippen LogP contribution in [-0.4, -0.2) is 60.7 Å². The standard InChI is InChI=1S/C17H23N5O3/c1-17(2,3)25-16(24)22-9-7-21(8-10-22)14-6-5-12(15(23)19-4)20-13(14)11-18/h5-6H,7-10H2,1-4H3,(H,19,23). The van der Waals surface area contributed by atoms with Crippen LogP contribution < -0.4 is 10.2 Å². The maximum absolute atomic E-state index is 12.1. The first-order chi connectivity index (χ1) is 11.7. The van der Waals surface area contributed by atoms with Crippen LogP contribution in [0.4, 0.5) is 10.5 Å². The molecule has 1 aromatic rings. The summed E-state index contributed by atoms with van der Waals surface area (Å²) in [6.45, 7) is 7.62. The van der Waals surface area contributed by atoms with E-state index in [1.807, 2.05) is 31.7 Å². The summed E-state index contributed by atoms with van der Waals surface area (Å²) in [6.07, 6.45) is -0.333. The van der Waals surface area contributed by atoms with E-state index in [0.717, 1.165) is 0 Å². The van der Waals surface area contributed by atoms with Crippen LogP contribution in [0.5, 0.6) is 0 Å². The van der Waals surface area contributed by atoms with Crippen molar-refractivity contribution in [3.8, 4) is 6.07 Å². The van der Waals surface area contributed by atoms with E-state index < -0.39 is 5.60 Å². The van der Waals surface area contributed by atoms with Crippen LogP contribution in [0.1, 0.15) is 37.0 Å². The Hall–Kier alpha value is -2.82. The lowest BCUT2D eigenvalue weighted by Crippen LogP contribution is -2.50. The van der Waals surface area contributed by atoms with Gasteiger partial charge < -0.3 is 19.9 Å². The Balaban J connectivity index is 2.07. The minimum absolute atomic E-state index is 0.201. The van der Waals surface area contributed by atoms with Gasteiger partial charge >= 0.3 is 6.09 Å². The molecule has 0 spiro atoms. The van der Waals surface area contributed by atoms with Gasteiger partial charge in [-0.05, 0) is 32.9 Å². The molecule has 8 heteroatoms. The Morgan fingerprint density at radius 3 is 2.40 bits per heavy atom. The predicted molar refractivity (Wildman–Crippen MR) is 92.4 cm³/mol. The molecule has 0 unspecified atom stereocenters. The molecule has 25 heavy (non-hydrogen) atoms. The second-order valence-electron chi connectivity index (χ2n) is 6.71. The number of nitriles is 1. The highest BCUT2D eigenvalue weighted by atomic mass is 16.6. The number of aromatic nitrogens is 1. The van der Waals surface area contributed by atoms with Gasteiger partial charge in [0.15, 0.2) is 5.69 Å². The average Bonchev–Trinajstić information content (AvgIpc) is 2.59. The third-order valence-corrected chi connectivity index (χ3v) is 3.71. The second kappa shape index (κ2) is 7.38. The molecule has 2 rings (SSSR count). The molecule has 0 saturated carbocycles. The lowest BCUT2D eigenvalue weighted by atomic mass is 10.2. The van der Waals surface area contributed by atoms with E-state index in [1.54, 1.807) is 17.0 Å². The van der Waals surface area contributed by atoms with Crippen LogP contribution in [0.3, 0.4) is 0 Å². The van der Waals surface area contributed by atoms with Crippen molar-refractivity contribution in [3.63, 3.8) is 0 Å². The molecular formula is C17H23N5O3. The fourth-order valence-electron chi connectivity index (χ4n) is 2.50. The normalized spacial score (nSPS) is 14.7. The van der Waals surface area contributed by atoms with Gasteiger partial charge in [0.2, 0.25) is 0 Å². The summed E-state index contributed by atoms with van der Waals surface area (Å²) < 4.78 is 5.38. The number of nitrogens with one attached hydrogen (secondary N) is 1. The summed E-state index contributed by atoms with van der Waals surface area (Å²) in [7, 11) is 1.51. The van der Waals surface area contributed by atoms with Crippen LogP contribution in [-0.2, 0) is 4.74 Å². The molecule has 134 valence electrons. The third-order valence-electron chi connectivity index (χ3n) is 3.71. The quantitative estimate of drug-likeness (QED) is 0.869. The average molecular weight is 345 g/mol. The first-order valence-corrected chi connectivity index (χ1v) is 8.11. The number of piperazine rings is 1. The van der Waals surface area contributed by atoms with Crippen molar-refractivity contribution < 1.29 is 14.3 Å².